The number of amides is 1. The third-order valence-corrected chi connectivity index (χ3v) is 7.43. The number of carbonyl (C=O) groups is 2. The highest BCUT2D eigenvalue weighted by atomic mass is 16.6. The van der Waals surface area contributed by atoms with Gasteiger partial charge in [0.05, 0.1) is 13.2 Å². The van der Waals surface area contributed by atoms with Crippen LogP contribution in [0.3, 0.4) is 0 Å². The van der Waals surface area contributed by atoms with Gasteiger partial charge in [0.1, 0.15) is 5.60 Å². The van der Waals surface area contributed by atoms with E-state index in [1.54, 1.807) is 20.8 Å². The quantitative estimate of drug-likeness (QED) is 0.563. The first kappa shape index (κ1) is 27.1. The minimum Gasteiger partial charge on any atom is -0.455 e. The predicted octanol–water partition coefficient (Wildman–Crippen LogP) is 3.94. The number of morpholine rings is 1. The van der Waals surface area contributed by atoms with E-state index < -0.39 is 11.6 Å². The molecule has 0 unspecified atom stereocenters. The first-order valence-electron chi connectivity index (χ1n) is 13.2. The molecule has 0 saturated carbocycles. The summed E-state index contributed by atoms with van der Waals surface area (Å²) in [6.07, 6.45) is 3.24. The first-order chi connectivity index (χ1) is 17.4. The summed E-state index contributed by atoms with van der Waals surface area (Å²) in [5.41, 5.74) is 3.37. The van der Waals surface area contributed by atoms with Crippen molar-refractivity contribution in [3.05, 3.63) is 47.3 Å². The second kappa shape index (κ2) is 10.8. The zero-order valence-corrected chi connectivity index (χ0v) is 23.1. The maximum absolute atomic E-state index is 13.1. The standard InChI is InChI=1S/C28H41N5O4/c1-21-7-8-22(24(19-21)31-15-17-36-18-16-31)20-30(6)28(5)10-13-32(14-11-28)26(35)33-12-9-23(29-33)25(34)37-27(2,3)4/h7-9,12,19H,10-11,13-18,20H2,1-6H3. The number of rotatable bonds is 5. The van der Waals surface area contributed by atoms with Gasteiger partial charge in [-0.15, -0.1) is 0 Å². The van der Waals surface area contributed by atoms with Crippen LogP contribution in [0.2, 0.25) is 0 Å². The van der Waals surface area contributed by atoms with Crippen LogP contribution in [0.4, 0.5) is 10.5 Å². The average Bonchev–Trinajstić information content (AvgIpc) is 3.35. The van der Waals surface area contributed by atoms with Crippen molar-refractivity contribution in [1.82, 2.24) is 19.6 Å². The highest BCUT2D eigenvalue weighted by molar-refractivity contribution is 5.88. The normalized spacial score (nSPS) is 18.2. The van der Waals surface area contributed by atoms with Gasteiger partial charge >= 0.3 is 12.0 Å². The Morgan fingerprint density at radius 3 is 2.43 bits per heavy atom. The summed E-state index contributed by atoms with van der Waals surface area (Å²) in [5.74, 6) is -0.528. The fourth-order valence-corrected chi connectivity index (χ4v) is 4.93. The Balaban J connectivity index is 1.38. The predicted molar refractivity (Wildman–Crippen MR) is 143 cm³/mol. The molecule has 2 aliphatic rings. The van der Waals surface area contributed by atoms with E-state index in [-0.39, 0.29) is 17.3 Å². The zero-order valence-electron chi connectivity index (χ0n) is 23.1. The van der Waals surface area contributed by atoms with Gasteiger partial charge in [-0.2, -0.15) is 9.78 Å². The molecule has 0 bridgehead atoms. The minimum absolute atomic E-state index is 0.0320. The van der Waals surface area contributed by atoms with Crippen molar-refractivity contribution in [2.45, 2.75) is 65.1 Å². The second-order valence-corrected chi connectivity index (χ2v) is 11.5. The number of likely N-dealkylation sites (tertiary alicyclic amines) is 1. The van der Waals surface area contributed by atoms with Crippen LogP contribution in [0.25, 0.3) is 0 Å². The van der Waals surface area contributed by atoms with Crippen LogP contribution in [0.1, 0.15) is 62.2 Å². The van der Waals surface area contributed by atoms with Crippen molar-refractivity contribution < 1.29 is 19.1 Å². The van der Waals surface area contributed by atoms with Crippen LogP contribution in [0.5, 0.6) is 0 Å². The number of esters is 1. The number of nitrogens with zero attached hydrogens (tertiary/aromatic N) is 5. The molecule has 202 valence electrons. The highest BCUT2D eigenvalue weighted by Gasteiger charge is 2.36. The molecule has 2 aliphatic heterocycles. The summed E-state index contributed by atoms with van der Waals surface area (Å²) in [5, 5.41) is 4.18. The fourth-order valence-electron chi connectivity index (χ4n) is 4.93. The maximum atomic E-state index is 13.1. The molecule has 3 heterocycles. The summed E-state index contributed by atoms with van der Waals surface area (Å²) >= 11 is 0. The lowest BCUT2D eigenvalue weighted by Crippen LogP contribution is -2.53. The summed E-state index contributed by atoms with van der Waals surface area (Å²) in [7, 11) is 2.18. The van der Waals surface area contributed by atoms with E-state index in [0.717, 1.165) is 45.7 Å². The van der Waals surface area contributed by atoms with Gasteiger partial charge in [-0.3, -0.25) is 4.90 Å². The van der Waals surface area contributed by atoms with Crippen molar-refractivity contribution in [3.63, 3.8) is 0 Å². The number of anilines is 1. The van der Waals surface area contributed by atoms with Crippen molar-refractivity contribution in [1.29, 1.82) is 0 Å². The number of aromatic nitrogens is 2. The summed E-state index contributed by atoms with van der Waals surface area (Å²) < 4.78 is 12.2. The van der Waals surface area contributed by atoms with Gasteiger partial charge in [-0.25, -0.2) is 9.59 Å². The van der Waals surface area contributed by atoms with Crippen LogP contribution in [-0.2, 0) is 16.0 Å². The number of benzene rings is 1. The highest BCUT2D eigenvalue weighted by Crippen LogP contribution is 2.32. The average molecular weight is 512 g/mol. The van der Waals surface area contributed by atoms with E-state index in [0.29, 0.717) is 13.1 Å². The molecule has 37 heavy (non-hydrogen) atoms. The third-order valence-electron chi connectivity index (χ3n) is 7.43. The Kier molecular flexibility index (Phi) is 7.94. The van der Waals surface area contributed by atoms with Gasteiger partial charge in [0.2, 0.25) is 0 Å². The molecular formula is C28H41N5O4. The number of aryl methyl sites for hydroxylation is 1. The van der Waals surface area contributed by atoms with Crippen LogP contribution in [0.15, 0.2) is 30.5 Å². The maximum Gasteiger partial charge on any atom is 0.359 e. The number of hydrogen-bond acceptors (Lipinski definition) is 7. The lowest BCUT2D eigenvalue weighted by Gasteiger charge is -2.45. The van der Waals surface area contributed by atoms with E-state index in [2.05, 4.69) is 54.0 Å². The molecule has 0 aliphatic carbocycles. The summed E-state index contributed by atoms with van der Waals surface area (Å²) in [4.78, 5) is 32.0. The number of ether oxygens (including phenoxy) is 2. The molecule has 9 nitrogen and oxygen atoms in total. The van der Waals surface area contributed by atoms with Gasteiger partial charge in [0, 0.05) is 50.1 Å². The Morgan fingerprint density at radius 1 is 1.11 bits per heavy atom. The largest absolute Gasteiger partial charge is 0.455 e. The Hall–Kier alpha value is -2.91. The van der Waals surface area contributed by atoms with E-state index in [1.165, 1.54) is 33.8 Å². The first-order valence-corrected chi connectivity index (χ1v) is 13.2. The van der Waals surface area contributed by atoms with E-state index in [1.807, 2.05) is 4.90 Å². The lowest BCUT2D eigenvalue weighted by molar-refractivity contribution is 0.00623. The van der Waals surface area contributed by atoms with Gasteiger partial charge < -0.3 is 19.3 Å². The van der Waals surface area contributed by atoms with Crippen molar-refractivity contribution in [3.8, 4) is 0 Å². The molecule has 0 N–H and O–H groups in total. The van der Waals surface area contributed by atoms with Gasteiger partial charge in [0.25, 0.3) is 0 Å². The second-order valence-electron chi connectivity index (χ2n) is 11.5. The number of carbonyl (C=O) groups excluding carboxylic acids is 2. The smallest absolute Gasteiger partial charge is 0.359 e. The lowest BCUT2D eigenvalue weighted by atomic mass is 9.87. The van der Waals surface area contributed by atoms with Crippen LogP contribution < -0.4 is 4.90 Å². The molecule has 1 amide bonds. The van der Waals surface area contributed by atoms with Crippen LogP contribution >= 0.6 is 0 Å². The third kappa shape index (κ3) is 6.51. The molecular weight excluding hydrogens is 470 g/mol. The van der Waals surface area contributed by atoms with E-state index in [9.17, 15) is 9.59 Å². The topological polar surface area (TPSA) is 80.1 Å². The summed E-state index contributed by atoms with van der Waals surface area (Å²) in [6.45, 7) is 15.3. The van der Waals surface area contributed by atoms with Crippen molar-refractivity contribution in [2.24, 2.45) is 0 Å². The molecule has 0 spiro atoms. The number of piperidine rings is 1. The van der Waals surface area contributed by atoms with Gasteiger partial charge in [-0.1, -0.05) is 12.1 Å². The molecule has 2 saturated heterocycles. The number of hydrogen-bond donors (Lipinski definition) is 0. The Bertz CT molecular complexity index is 1110. The van der Waals surface area contributed by atoms with Crippen LogP contribution in [0, 0.1) is 6.92 Å². The SMILES string of the molecule is Cc1ccc(CN(C)C2(C)CCN(C(=O)n3ccc(C(=O)OC(C)(C)C)n3)CC2)c(N2CCOCC2)c1. The van der Waals surface area contributed by atoms with E-state index >= 15 is 0 Å². The van der Waals surface area contributed by atoms with Crippen molar-refractivity contribution in [2.75, 3.05) is 51.3 Å². The van der Waals surface area contributed by atoms with Gasteiger partial charge in [-0.05, 0) is 77.8 Å². The molecule has 9 heteroatoms. The molecule has 0 radical (unpaired) electrons. The molecule has 2 aromatic rings. The zero-order chi connectivity index (χ0) is 26.8. The monoisotopic (exact) mass is 511 g/mol. The minimum atomic E-state index is -0.615. The molecule has 0 atom stereocenters. The Labute approximate surface area is 220 Å². The summed E-state index contributed by atoms with van der Waals surface area (Å²) in [6, 6.07) is 8.03. The van der Waals surface area contributed by atoms with Gasteiger partial charge in [0.15, 0.2) is 5.69 Å². The Morgan fingerprint density at radius 2 is 1.78 bits per heavy atom. The van der Waals surface area contributed by atoms with Crippen molar-refractivity contribution >= 4 is 17.7 Å². The fraction of sp³-hybridized carbons (Fsp3) is 0.607. The molecule has 1 aromatic carbocycles. The van der Waals surface area contributed by atoms with Crippen LogP contribution in [-0.4, -0.2) is 89.2 Å². The molecule has 2 fully saturated rings. The molecule has 1 aromatic heterocycles. The molecule has 4 rings (SSSR count). The van der Waals surface area contributed by atoms with E-state index in [4.69, 9.17) is 9.47 Å².